The molecule has 5 heteroatoms. The zero-order chi connectivity index (χ0) is 14.4. The van der Waals surface area contributed by atoms with Gasteiger partial charge in [-0.25, -0.2) is 0 Å². The summed E-state index contributed by atoms with van der Waals surface area (Å²) in [5.74, 6) is 2.83. The zero-order valence-electron chi connectivity index (χ0n) is 11.9. The molecule has 1 fully saturated rings. The highest BCUT2D eigenvalue weighted by molar-refractivity contribution is 7.99. The first kappa shape index (κ1) is 14.1. The number of nitrogens with zero attached hydrogens (tertiary/aromatic N) is 2. The molecule has 1 atom stereocenters. The molecule has 0 amide bonds. The quantitative estimate of drug-likeness (QED) is 0.864. The Kier molecular flexibility index (Phi) is 3.41. The molecule has 1 aromatic rings. The van der Waals surface area contributed by atoms with E-state index < -0.39 is 0 Å². The van der Waals surface area contributed by atoms with E-state index in [1.165, 1.54) is 12.2 Å². The average molecular weight is 310 g/mol. The second kappa shape index (κ2) is 4.85. The standard InChI is InChI=1S/C15H20ClN3S/c1-14(2)7-8-20-10-15(14)9-18-13(17)19(15)12-6-4-3-5-11(12)16/h3-6H,7-10H2,1-2H3,(H2,17,18). The van der Waals surface area contributed by atoms with Crippen LogP contribution in [0.2, 0.25) is 5.02 Å². The molecule has 0 saturated carbocycles. The highest BCUT2D eigenvalue weighted by Gasteiger charge is 2.55. The minimum Gasteiger partial charge on any atom is -0.369 e. The number of anilines is 1. The van der Waals surface area contributed by atoms with Gasteiger partial charge in [0.1, 0.15) is 0 Å². The first-order chi connectivity index (χ1) is 9.48. The third-order valence-electron chi connectivity index (χ3n) is 4.73. The van der Waals surface area contributed by atoms with Crippen molar-refractivity contribution in [2.45, 2.75) is 25.8 Å². The number of nitrogens with two attached hydrogens (primary N) is 1. The molecule has 1 spiro atoms. The minimum absolute atomic E-state index is 0.0645. The van der Waals surface area contributed by atoms with Crippen molar-refractivity contribution in [2.24, 2.45) is 16.1 Å². The highest BCUT2D eigenvalue weighted by atomic mass is 35.5. The SMILES string of the molecule is CC1(C)CCSCC12CN=C(N)N2c1ccccc1Cl. The first-order valence-corrected chi connectivity index (χ1v) is 8.44. The number of hydrogen-bond acceptors (Lipinski definition) is 4. The van der Waals surface area contributed by atoms with Gasteiger partial charge < -0.3 is 10.6 Å². The van der Waals surface area contributed by atoms with Crippen molar-refractivity contribution in [3.05, 3.63) is 29.3 Å². The molecule has 0 aromatic heterocycles. The number of halogens is 1. The van der Waals surface area contributed by atoms with Crippen LogP contribution in [0.1, 0.15) is 20.3 Å². The van der Waals surface area contributed by atoms with Crippen LogP contribution >= 0.6 is 23.4 Å². The van der Waals surface area contributed by atoms with Crippen LogP contribution in [0.5, 0.6) is 0 Å². The summed E-state index contributed by atoms with van der Waals surface area (Å²) in [6, 6.07) is 7.90. The zero-order valence-corrected chi connectivity index (χ0v) is 13.5. The Morgan fingerprint density at radius 3 is 2.80 bits per heavy atom. The summed E-state index contributed by atoms with van der Waals surface area (Å²) in [4.78, 5) is 6.74. The summed E-state index contributed by atoms with van der Waals surface area (Å²) >= 11 is 8.39. The van der Waals surface area contributed by atoms with Gasteiger partial charge in [0, 0.05) is 5.75 Å². The Balaban J connectivity index is 2.11. The molecule has 20 heavy (non-hydrogen) atoms. The third-order valence-corrected chi connectivity index (χ3v) is 6.22. The van der Waals surface area contributed by atoms with Crippen LogP contribution in [0.25, 0.3) is 0 Å². The summed E-state index contributed by atoms with van der Waals surface area (Å²) in [6.07, 6.45) is 1.17. The van der Waals surface area contributed by atoms with Gasteiger partial charge in [-0.3, -0.25) is 4.99 Å². The van der Waals surface area contributed by atoms with Crippen molar-refractivity contribution in [1.29, 1.82) is 0 Å². The minimum atomic E-state index is -0.0645. The number of hydrogen-bond donors (Lipinski definition) is 1. The summed E-state index contributed by atoms with van der Waals surface area (Å²) in [5, 5.41) is 0.735. The Hall–Kier alpha value is -0.870. The third kappa shape index (κ3) is 1.92. The highest BCUT2D eigenvalue weighted by Crippen LogP contribution is 2.50. The number of benzene rings is 1. The van der Waals surface area contributed by atoms with Crippen molar-refractivity contribution in [3.8, 4) is 0 Å². The predicted octanol–water partition coefficient (Wildman–Crippen LogP) is 3.38. The van der Waals surface area contributed by atoms with Crippen molar-refractivity contribution in [3.63, 3.8) is 0 Å². The van der Waals surface area contributed by atoms with Gasteiger partial charge in [-0.1, -0.05) is 37.6 Å². The molecular formula is C15H20ClN3S. The normalized spacial score (nSPS) is 28.8. The molecular weight excluding hydrogens is 290 g/mol. The molecule has 3 rings (SSSR count). The fourth-order valence-corrected chi connectivity index (χ4v) is 5.15. The molecule has 3 nitrogen and oxygen atoms in total. The fraction of sp³-hybridized carbons (Fsp3) is 0.533. The smallest absolute Gasteiger partial charge is 0.196 e. The lowest BCUT2D eigenvalue weighted by Gasteiger charge is -2.52. The predicted molar refractivity (Wildman–Crippen MR) is 88.9 cm³/mol. The molecule has 1 saturated heterocycles. The average Bonchev–Trinajstić information content (AvgIpc) is 2.73. The van der Waals surface area contributed by atoms with Crippen LogP contribution in [0.4, 0.5) is 5.69 Å². The van der Waals surface area contributed by atoms with Gasteiger partial charge in [-0.05, 0) is 29.7 Å². The fourth-order valence-electron chi connectivity index (χ4n) is 3.18. The Labute approximate surface area is 129 Å². The Morgan fingerprint density at radius 2 is 2.10 bits per heavy atom. The van der Waals surface area contributed by atoms with Crippen LogP contribution in [-0.2, 0) is 0 Å². The number of aliphatic imine (C=N–C) groups is 1. The number of thioether (sulfide) groups is 1. The van der Waals surface area contributed by atoms with Crippen LogP contribution in [0.3, 0.4) is 0 Å². The molecule has 108 valence electrons. The van der Waals surface area contributed by atoms with E-state index in [2.05, 4.69) is 23.7 Å². The van der Waals surface area contributed by atoms with E-state index in [4.69, 9.17) is 17.3 Å². The maximum Gasteiger partial charge on any atom is 0.196 e. The molecule has 0 aliphatic carbocycles. The molecule has 1 aromatic carbocycles. The molecule has 0 bridgehead atoms. The lowest BCUT2D eigenvalue weighted by Crippen LogP contribution is -2.63. The summed E-state index contributed by atoms with van der Waals surface area (Å²) in [7, 11) is 0. The number of rotatable bonds is 1. The summed E-state index contributed by atoms with van der Waals surface area (Å²) in [5.41, 5.74) is 7.28. The van der Waals surface area contributed by atoms with Crippen molar-refractivity contribution in [1.82, 2.24) is 0 Å². The Bertz CT molecular complexity index is 558. The largest absolute Gasteiger partial charge is 0.369 e. The van der Waals surface area contributed by atoms with E-state index in [-0.39, 0.29) is 11.0 Å². The molecule has 0 radical (unpaired) electrons. The van der Waals surface area contributed by atoms with Gasteiger partial charge in [-0.2, -0.15) is 11.8 Å². The van der Waals surface area contributed by atoms with E-state index in [0.29, 0.717) is 5.96 Å². The van der Waals surface area contributed by atoms with Gasteiger partial charge in [0.05, 0.1) is 22.8 Å². The lowest BCUT2D eigenvalue weighted by atomic mass is 9.70. The molecule has 2 aliphatic heterocycles. The second-order valence-corrected chi connectivity index (χ2v) is 7.69. The van der Waals surface area contributed by atoms with E-state index in [1.54, 1.807) is 0 Å². The van der Waals surface area contributed by atoms with Crippen molar-refractivity contribution < 1.29 is 0 Å². The van der Waals surface area contributed by atoms with Crippen LogP contribution < -0.4 is 10.6 Å². The van der Waals surface area contributed by atoms with Gasteiger partial charge in [0.15, 0.2) is 5.96 Å². The van der Waals surface area contributed by atoms with Crippen LogP contribution in [-0.4, -0.2) is 29.5 Å². The lowest BCUT2D eigenvalue weighted by molar-refractivity contribution is 0.192. The number of guanidine groups is 1. The molecule has 2 heterocycles. The van der Waals surface area contributed by atoms with E-state index in [0.717, 1.165) is 23.0 Å². The van der Waals surface area contributed by atoms with Crippen molar-refractivity contribution >= 4 is 35.0 Å². The number of para-hydroxylation sites is 1. The second-order valence-electron chi connectivity index (χ2n) is 6.18. The molecule has 2 aliphatic rings. The van der Waals surface area contributed by atoms with Crippen molar-refractivity contribution in [2.75, 3.05) is 23.0 Å². The first-order valence-electron chi connectivity index (χ1n) is 6.90. The maximum absolute atomic E-state index is 6.41. The maximum atomic E-state index is 6.41. The molecule has 2 N–H and O–H groups in total. The molecule has 1 unspecified atom stereocenters. The van der Waals surface area contributed by atoms with E-state index in [9.17, 15) is 0 Å². The monoisotopic (exact) mass is 309 g/mol. The van der Waals surface area contributed by atoms with Crippen LogP contribution in [0.15, 0.2) is 29.3 Å². The summed E-state index contributed by atoms with van der Waals surface area (Å²) in [6.45, 7) is 5.40. The van der Waals surface area contributed by atoms with Gasteiger partial charge in [0.2, 0.25) is 0 Å². The van der Waals surface area contributed by atoms with Gasteiger partial charge >= 0.3 is 0 Å². The van der Waals surface area contributed by atoms with Gasteiger partial charge in [-0.15, -0.1) is 0 Å². The van der Waals surface area contributed by atoms with Gasteiger partial charge in [0.25, 0.3) is 0 Å². The Morgan fingerprint density at radius 1 is 1.35 bits per heavy atom. The van der Waals surface area contributed by atoms with Crippen LogP contribution in [0, 0.1) is 5.41 Å². The van der Waals surface area contributed by atoms with E-state index in [1.807, 2.05) is 36.0 Å². The topological polar surface area (TPSA) is 41.6 Å². The van der Waals surface area contributed by atoms with E-state index >= 15 is 0 Å². The summed E-state index contributed by atoms with van der Waals surface area (Å²) < 4.78 is 0.